The Hall–Kier alpha value is -1.29. The van der Waals surface area contributed by atoms with E-state index < -0.39 is 0 Å². The molecule has 4 heteroatoms. The topological polar surface area (TPSA) is 52.3 Å². The van der Waals surface area contributed by atoms with Crippen LogP contribution < -0.4 is 5.73 Å². The summed E-state index contributed by atoms with van der Waals surface area (Å²) in [4.78, 5) is 10.8. The van der Waals surface area contributed by atoms with E-state index in [-0.39, 0.29) is 12.4 Å². The van der Waals surface area contributed by atoms with Crippen LogP contribution in [0.4, 0.5) is 5.69 Å². The van der Waals surface area contributed by atoms with Crippen LogP contribution >= 0.6 is 15.9 Å². The number of hydrogen-bond acceptors (Lipinski definition) is 3. The maximum absolute atomic E-state index is 10.8. The van der Waals surface area contributed by atoms with Gasteiger partial charge in [0.25, 0.3) is 0 Å². The molecule has 1 rings (SSSR count). The van der Waals surface area contributed by atoms with E-state index in [1.54, 1.807) is 6.08 Å². The molecular weight excluding hydrogens is 258 g/mol. The molecule has 80 valence electrons. The van der Waals surface area contributed by atoms with Crippen molar-refractivity contribution in [3.63, 3.8) is 0 Å². The van der Waals surface area contributed by atoms with Gasteiger partial charge in [-0.2, -0.15) is 0 Å². The molecule has 0 aromatic heterocycles. The Morgan fingerprint density at radius 3 is 2.93 bits per heavy atom. The Labute approximate surface area is 97.0 Å². The molecule has 3 nitrogen and oxygen atoms in total. The van der Waals surface area contributed by atoms with Crippen LogP contribution in [0.15, 0.2) is 28.7 Å². The SMILES string of the molecule is COC(=O)CC=Cc1ccc(N)c(Br)c1. The Bertz CT molecular complexity index is 388. The Morgan fingerprint density at radius 1 is 1.60 bits per heavy atom. The molecule has 2 N–H and O–H groups in total. The number of nitrogen functional groups attached to an aromatic ring is 1. The fourth-order valence-electron chi connectivity index (χ4n) is 1.02. The van der Waals surface area contributed by atoms with Gasteiger partial charge in [0.15, 0.2) is 0 Å². The monoisotopic (exact) mass is 269 g/mol. The van der Waals surface area contributed by atoms with Crippen molar-refractivity contribution in [1.29, 1.82) is 0 Å². The third-order valence-corrected chi connectivity index (χ3v) is 2.53. The lowest BCUT2D eigenvalue weighted by molar-refractivity contribution is -0.139. The Balaban J connectivity index is 2.65. The van der Waals surface area contributed by atoms with Crippen molar-refractivity contribution < 1.29 is 9.53 Å². The van der Waals surface area contributed by atoms with Crippen LogP contribution in [-0.2, 0) is 9.53 Å². The molecule has 0 saturated carbocycles. The second-order valence-corrected chi connectivity index (χ2v) is 3.82. The fourth-order valence-corrected chi connectivity index (χ4v) is 1.42. The van der Waals surface area contributed by atoms with Gasteiger partial charge in [0.05, 0.1) is 13.5 Å². The summed E-state index contributed by atoms with van der Waals surface area (Å²) >= 11 is 3.33. The number of esters is 1. The average molecular weight is 270 g/mol. The highest BCUT2D eigenvalue weighted by Crippen LogP contribution is 2.21. The van der Waals surface area contributed by atoms with Crippen LogP contribution in [0, 0.1) is 0 Å². The normalized spacial score (nSPS) is 10.5. The maximum atomic E-state index is 10.8. The van der Waals surface area contributed by atoms with Gasteiger partial charge in [-0.25, -0.2) is 0 Å². The summed E-state index contributed by atoms with van der Waals surface area (Å²) in [5.41, 5.74) is 7.32. The third kappa shape index (κ3) is 3.75. The largest absolute Gasteiger partial charge is 0.469 e. The van der Waals surface area contributed by atoms with Crippen molar-refractivity contribution in [2.24, 2.45) is 0 Å². The molecule has 0 spiro atoms. The van der Waals surface area contributed by atoms with Crippen LogP contribution in [0.5, 0.6) is 0 Å². The number of carbonyl (C=O) groups is 1. The van der Waals surface area contributed by atoms with Crippen LogP contribution in [0.25, 0.3) is 6.08 Å². The van der Waals surface area contributed by atoms with E-state index in [4.69, 9.17) is 5.73 Å². The van der Waals surface area contributed by atoms with E-state index >= 15 is 0 Å². The molecule has 0 atom stereocenters. The lowest BCUT2D eigenvalue weighted by atomic mass is 10.2. The second kappa shape index (κ2) is 5.56. The van der Waals surface area contributed by atoms with Crippen molar-refractivity contribution in [1.82, 2.24) is 0 Å². The highest BCUT2D eigenvalue weighted by atomic mass is 79.9. The first-order valence-electron chi connectivity index (χ1n) is 4.42. The van der Waals surface area contributed by atoms with Gasteiger partial charge in [-0.3, -0.25) is 4.79 Å². The Kier molecular flexibility index (Phi) is 4.37. The van der Waals surface area contributed by atoms with Gasteiger partial charge < -0.3 is 10.5 Å². The molecule has 0 unspecified atom stereocenters. The number of halogens is 1. The van der Waals surface area contributed by atoms with Crippen molar-refractivity contribution in [2.45, 2.75) is 6.42 Å². The third-order valence-electron chi connectivity index (χ3n) is 1.85. The van der Waals surface area contributed by atoms with Crippen molar-refractivity contribution >= 4 is 33.7 Å². The zero-order valence-electron chi connectivity index (χ0n) is 8.37. The lowest BCUT2D eigenvalue weighted by Crippen LogP contribution is -1.96. The highest BCUT2D eigenvalue weighted by Gasteiger charge is 1.96. The van der Waals surface area contributed by atoms with Gasteiger partial charge in [0.2, 0.25) is 0 Å². The minimum absolute atomic E-state index is 0.249. The van der Waals surface area contributed by atoms with Crippen LogP contribution in [-0.4, -0.2) is 13.1 Å². The molecule has 0 saturated heterocycles. The van der Waals surface area contributed by atoms with Crippen LogP contribution in [0.2, 0.25) is 0 Å². The molecule has 1 aromatic rings. The first-order chi connectivity index (χ1) is 7.13. The molecule has 0 aliphatic carbocycles. The number of rotatable bonds is 3. The van der Waals surface area contributed by atoms with Gasteiger partial charge in [0.1, 0.15) is 0 Å². The number of hydrogen-bond donors (Lipinski definition) is 1. The summed E-state index contributed by atoms with van der Waals surface area (Å²) < 4.78 is 5.36. The number of ether oxygens (including phenoxy) is 1. The van der Waals surface area contributed by atoms with E-state index in [1.807, 2.05) is 24.3 Å². The maximum Gasteiger partial charge on any atom is 0.309 e. The van der Waals surface area contributed by atoms with E-state index in [0.29, 0.717) is 5.69 Å². The summed E-state index contributed by atoms with van der Waals surface area (Å²) in [6.45, 7) is 0. The van der Waals surface area contributed by atoms with Gasteiger partial charge in [-0.1, -0.05) is 18.2 Å². The summed E-state index contributed by atoms with van der Waals surface area (Å²) in [5.74, 6) is -0.249. The molecular formula is C11H12BrNO2. The lowest BCUT2D eigenvalue weighted by Gasteiger charge is -1.99. The van der Waals surface area contributed by atoms with Crippen LogP contribution in [0.3, 0.4) is 0 Å². The number of benzene rings is 1. The van der Waals surface area contributed by atoms with Crippen molar-refractivity contribution in [3.8, 4) is 0 Å². The second-order valence-electron chi connectivity index (χ2n) is 2.96. The van der Waals surface area contributed by atoms with Gasteiger partial charge >= 0.3 is 5.97 Å². The summed E-state index contributed by atoms with van der Waals surface area (Å²) in [6.07, 6.45) is 3.88. The molecule has 0 aliphatic rings. The molecule has 0 amide bonds. The zero-order valence-corrected chi connectivity index (χ0v) is 9.95. The predicted molar refractivity (Wildman–Crippen MR) is 64.2 cm³/mol. The number of carbonyl (C=O) groups excluding carboxylic acids is 1. The minimum atomic E-state index is -0.249. The molecule has 0 aliphatic heterocycles. The minimum Gasteiger partial charge on any atom is -0.469 e. The Morgan fingerprint density at radius 2 is 2.33 bits per heavy atom. The van der Waals surface area contributed by atoms with Crippen LogP contribution in [0.1, 0.15) is 12.0 Å². The zero-order chi connectivity index (χ0) is 11.3. The molecule has 0 fully saturated rings. The summed E-state index contributed by atoms with van der Waals surface area (Å²) in [5, 5.41) is 0. The average Bonchev–Trinajstić information content (AvgIpc) is 2.23. The van der Waals surface area contributed by atoms with Gasteiger partial charge in [-0.15, -0.1) is 0 Å². The standard InChI is InChI=1S/C11H12BrNO2/c1-15-11(14)4-2-3-8-5-6-10(13)9(12)7-8/h2-3,5-7H,4,13H2,1H3. The summed E-state index contributed by atoms with van der Waals surface area (Å²) in [6, 6.07) is 5.58. The molecule has 1 aromatic carbocycles. The van der Waals surface area contributed by atoms with E-state index in [1.165, 1.54) is 7.11 Å². The number of anilines is 1. The fraction of sp³-hybridized carbons (Fsp3) is 0.182. The van der Waals surface area contributed by atoms with Gasteiger partial charge in [-0.05, 0) is 33.6 Å². The van der Waals surface area contributed by atoms with E-state index in [0.717, 1.165) is 10.0 Å². The van der Waals surface area contributed by atoms with E-state index in [2.05, 4.69) is 20.7 Å². The number of methoxy groups -OCH3 is 1. The van der Waals surface area contributed by atoms with E-state index in [9.17, 15) is 4.79 Å². The molecule has 0 radical (unpaired) electrons. The molecule has 0 bridgehead atoms. The highest BCUT2D eigenvalue weighted by molar-refractivity contribution is 9.10. The van der Waals surface area contributed by atoms with Gasteiger partial charge in [0, 0.05) is 10.2 Å². The van der Waals surface area contributed by atoms with Crippen molar-refractivity contribution in [2.75, 3.05) is 12.8 Å². The van der Waals surface area contributed by atoms with Crippen molar-refractivity contribution in [3.05, 3.63) is 34.3 Å². The predicted octanol–water partition coefficient (Wildman–Crippen LogP) is 2.61. The quantitative estimate of drug-likeness (QED) is 0.678. The molecule has 0 heterocycles. The first kappa shape index (κ1) is 11.8. The smallest absolute Gasteiger partial charge is 0.309 e. The molecule has 15 heavy (non-hydrogen) atoms. The summed E-state index contributed by atoms with van der Waals surface area (Å²) in [7, 11) is 1.37. The number of nitrogens with two attached hydrogens (primary N) is 1. The first-order valence-corrected chi connectivity index (χ1v) is 5.21.